The van der Waals surface area contributed by atoms with Crippen molar-refractivity contribution in [2.75, 3.05) is 31.6 Å². The number of likely N-dealkylation sites (N-methyl/N-ethyl adjacent to an activating group) is 1. The summed E-state index contributed by atoms with van der Waals surface area (Å²) in [7, 11) is 1.75. The zero-order valence-electron chi connectivity index (χ0n) is 24.9. The Bertz CT molecular complexity index is 1180. The van der Waals surface area contributed by atoms with Crippen LogP contribution < -0.4 is 4.90 Å². The van der Waals surface area contributed by atoms with Gasteiger partial charge in [-0.15, -0.1) is 24.9 Å². The highest BCUT2D eigenvalue weighted by Crippen LogP contribution is 2.72. The van der Waals surface area contributed by atoms with E-state index < -0.39 is 33.4 Å². The first kappa shape index (κ1) is 30.4. The summed E-state index contributed by atoms with van der Waals surface area (Å²) in [6, 6.07) is 4.63. The van der Waals surface area contributed by atoms with Gasteiger partial charge in [0, 0.05) is 30.6 Å². The Morgan fingerprint density at radius 2 is 1.77 bits per heavy atom. The van der Waals surface area contributed by atoms with Crippen molar-refractivity contribution in [1.29, 1.82) is 0 Å². The molecule has 2 bridgehead atoms. The molecule has 3 saturated heterocycles. The minimum Gasteiger partial charge on any atom is -0.394 e. The van der Waals surface area contributed by atoms with Crippen molar-refractivity contribution >= 4 is 35.2 Å². The Morgan fingerprint density at radius 3 is 2.33 bits per heavy atom. The lowest BCUT2D eigenvalue weighted by Gasteiger charge is -2.40. The summed E-state index contributed by atoms with van der Waals surface area (Å²) in [5.41, 5.74) is 2.76. The van der Waals surface area contributed by atoms with E-state index in [9.17, 15) is 19.5 Å². The normalized spacial score (nSPS) is 29.4. The lowest BCUT2D eigenvalue weighted by atomic mass is 9.66. The molecule has 218 valence electrons. The monoisotopic (exact) mass is 567 g/mol. The molecular formula is C32H45N3O4S. The van der Waals surface area contributed by atoms with Crippen LogP contribution >= 0.6 is 11.8 Å². The predicted molar refractivity (Wildman–Crippen MR) is 162 cm³/mol. The third-order valence-corrected chi connectivity index (χ3v) is 11.1. The van der Waals surface area contributed by atoms with E-state index in [1.165, 1.54) is 0 Å². The number of para-hydroxylation sites is 1. The van der Waals surface area contributed by atoms with Crippen LogP contribution in [-0.2, 0) is 14.4 Å². The van der Waals surface area contributed by atoms with Gasteiger partial charge in [0.25, 0.3) is 5.91 Å². The lowest BCUT2D eigenvalue weighted by Crippen LogP contribution is -2.58. The molecule has 4 rings (SSSR count). The fourth-order valence-corrected chi connectivity index (χ4v) is 9.88. The predicted octanol–water partition coefficient (Wildman–Crippen LogP) is 4.36. The van der Waals surface area contributed by atoms with Crippen molar-refractivity contribution in [1.82, 2.24) is 9.80 Å². The number of aliphatic hydroxyl groups excluding tert-OH is 1. The van der Waals surface area contributed by atoms with Gasteiger partial charge in [-0.1, -0.05) is 44.2 Å². The maximum atomic E-state index is 14.9. The molecule has 3 heterocycles. The van der Waals surface area contributed by atoms with Gasteiger partial charge in [0.05, 0.1) is 29.2 Å². The van der Waals surface area contributed by atoms with Gasteiger partial charge in [0.2, 0.25) is 11.8 Å². The standard InChI is InChI=1S/C32H45N3O4S/c1-9-16-33(8)28(37)24-25-29(38)35(23(19-36)18-20(3)4)27(32(25)15-14-31(24,7)40-32)30(39)34(17-10-2)26-21(5)12-11-13-22(26)6/h9-13,20,23-25,27,36H,1-2,14-19H2,3-8H3/t23-,24-,25+,27?,31+,32?/m1/s1. The maximum absolute atomic E-state index is 14.9. The number of rotatable bonds is 11. The second-order valence-electron chi connectivity index (χ2n) is 12.4. The summed E-state index contributed by atoms with van der Waals surface area (Å²) in [4.78, 5) is 48.5. The number of aliphatic hydroxyl groups is 1. The number of benzene rings is 1. The Kier molecular flexibility index (Phi) is 8.63. The SMILES string of the molecule is C=CCN(C)C(=O)[C@H]1[C@H]2C(=O)N([C@@H](CO)CC(C)C)C(C(=O)N(CC=C)c3c(C)cccc3C)C23CC[C@]1(C)S3. The number of carbonyl (C=O) groups is 3. The summed E-state index contributed by atoms with van der Waals surface area (Å²) in [6.07, 6.45) is 5.39. The van der Waals surface area contributed by atoms with Crippen LogP contribution in [0.1, 0.15) is 51.2 Å². The average Bonchev–Trinajstić information content (AvgIpc) is 3.46. The Balaban J connectivity index is 1.89. The molecule has 1 spiro atoms. The van der Waals surface area contributed by atoms with Gasteiger partial charge in [-0.25, -0.2) is 0 Å². The third kappa shape index (κ3) is 4.71. The number of thioether (sulfide) groups is 1. The van der Waals surface area contributed by atoms with Crippen LogP contribution in [0, 0.1) is 31.6 Å². The number of anilines is 1. The molecule has 1 N–H and O–H groups in total. The van der Waals surface area contributed by atoms with Gasteiger partial charge >= 0.3 is 0 Å². The molecule has 6 atom stereocenters. The smallest absolute Gasteiger partial charge is 0.251 e. The number of likely N-dealkylation sites (tertiary alicyclic amines) is 1. The summed E-state index contributed by atoms with van der Waals surface area (Å²) in [6.45, 7) is 18.3. The van der Waals surface area contributed by atoms with Crippen molar-refractivity contribution in [3.8, 4) is 0 Å². The number of amides is 3. The number of hydrogen-bond donors (Lipinski definition) is 1. The van der Waals surface area contributed by atoms with Crippen LogP contribution in [0.25, 0.3) is 0 Å². The minimum absolute atomic E-state index is 0.0787. The molecule has 3 aliphatic heterocycles. The first-order valence-electron chi connectivity index (χ1n) is 14.4. The molecule has 0 radical (unpaired) electrons. The molecule has 3 amide bonds. The number of hydrogen-bond acceptors (Lipinski definition) is 5. The first-order chi connectivity index (χ1) is 18.9. The summed E-state index contributed by atoms with van der Waals surface area (Å²) in [5, 5.41) is 10.6. The van der Waals surface area contributed by atoms with E-state index in [0.29, 0.717) is 25.9 Å². The van der Waals surface area contributed by atoms with E-state index in [-0.39, 0.29) is 30.2 Å². The molecule has 1 aromatic carbocycles. The second kappa shape index (κ2) is 11.4. The fourth-order valence-electron chi connectivity index (χ4n) is 7.55. The highest BCUT2D eigenvalue weighted by molar-refractivity contribution is 8.02. The number of aryl methyl sites for hydroxylation is 2. The van der Waals surface area contributed by atoms with E-state index in [4.69, 9.17) is 0 Å². The van der Waals surface area contributed by atoms with Crippen molar-refractivity contribution < 1.29 is 19.5 Å². The highest BCUT2D eigenvalue weighted by atomic mass is 32.2. The van der Waals surface area contributed by atoms with Gasteiger partial charge in [0.1, 0.15) is 6.04 Å². The lowest BCUT2D eigenvalue weighted by molar-refractivity contribution is -0.146. The largest absolute Gasteiger partial charge is 0.394 e. The van der Waals surface area contributed by atoms with Crippen LogP contribution in [-0.4, -0.2) is 80.9 Å². The average molecular weight is 568 g/mol. The fraction of sp³-hybridized carbons (Fsp3) is 0.594. The van der Waals surface area contributed by atoms with Crippen molar-refractivity contribution in [2.45, 2.75) is 75.5 Å². The number of carbonyl (C=O) groups excluding carboxylic acids is 3. The van der Waals surface area contributed by atoms with E-state index in [2.05, 4.69) is 33.9 Å². The molecule has 7 nitrogen and oxygen atoms in total. The Morgan fingerprint density at radius 1 is 1.15 bits per heavy atom. The Hall–Kier alpha value is -2.58. The van der Waals surface area contributed by atoms with Crippen molar-refractivity contribution in [2.24, 2.45) is 17.8 Å². The number of fused-ring (bicyclic) bond motifs is 1. The molecule has 40 heavy (non-hydrogen) atoms. The molecule has 0 aliphatic carbocycles. The van der Waals surface area contributed by atoms with E-state index in [0.717, 1.165) is 23.2 Å². The quantitative estimate of drug-likeness (QED) is 0.402. The van der Waals surface area contributed by atoms with Gasteiger partial charge in [-0.3, -0.25) is 14.4 Å². The van der Waals surface area contributed by atoms with Gasteiger partial charge < -0.3 is 19.8 Å². The van der Waals surface area contributed by atoms with Gasteiger partial charge in [-0.2, -0.15) is 0 Å². The first-order valence-corrected chi connectivity index (χ1v) is 15.2. The molecule has 3 fully saturated rings. The van der Waals surface area contributed by atoms with Crippen LogP contribution in [0.2, 0.25) is 0 Å². The van der Waals surface area contributed by atoms with Crippen molar-refractivity contribution in [3.63, 3.8) is 0 Å². The van der Waals surface area contributed by atoms with Crippen LogP contribution in [0.5, 0.6) is 0 Å². The molecule has 8 heteroatoms. The third-order valence-electron chi connectivity index (χ3n) is 9.13. The molecule has 1 aromatic rings. The maximum Gasteiger partial charge on any atom is 0.251 e. The number of nitrogens with zero attached hydrogens (tertiary/aromatic N) is 3. The molecular weight excluding hydrogens is 522 g/mol. The summed E-state index contributed by atoms with van der Waals surface area (Å²) < 4.78 is -1.20. The molecule has 2 unspecified atom stereocenters. The van der Waals surface area contributed by atoms with E-state index in [1.54, 1.807) is 45.7 Å². The highest BCUT2D eigenvalue weighted by Gasteiger charge is 2.78. The van der Waals surface area contributed by atoms with E-state index >= 15 is 0 Å². The minimum atomic E-state index is -0.797. The van der Waals surface area contributed by atoms with Crippen LogP contribution in [0.4, 0.5) is 5.69 Å². The topological polar surface area (TPSA) is 81.2 Å². The Labute approximate surface area is 243 Å². The zero-order valence-corrected chi connectivity index (χ0v) is 25.7. The van der Waals surface area contributed by atoms with E-state index in [1.807, 2.05) is 32.0 Å². The molecule has 3 aliphatic rings. The van der Waals surface area contributed by atoms with Gasteiger partial charge in [-0.05, 0) is 57.1 Å². The van der Waals surface area contributed by atoms with Crippen LogP contribution in [0.3, 0.4) is 0 Å². The molecule has 0 saturated carbocycles. The summed E-state index contributed by atoms with van der Waals surface area (Å²) in [5.74, 6) is -1.40. The van der Waals surface area contributed by atoms with Crippen LogP contribution in [0.15, 0.2) is 43.5 Å². The van der Waals surface area contributed by atoms with Gasteiger partial charge in [0.15, 0.2) is 0 Å². The van der Waals surface area contributed by atoms with Crippen molar-refractivity contribution in [3.05, 3.63) is 54.6 Å². The second-order valence-corrected chi connectivity index (χ2v) is 14.3. The molecule has 0 aromatic heterocycles. The summed E-state index contributed by atoms with van der Waals surface area (Å²) >= 11 is 1.66. The zero-order chi connectivity index (χ0) is 29.6.